The number of amides is 1. The van der Waals surface area contributed by atoms with E-state index in [0.717, 1.165) is 29.3 Å². The van der Waals surface area contributed by atoms with E-state index < -0.39 is 6.36 Å². The first kappa shape index (κ1) is 21.6. The number of benzene rings is 1. The van der Waals surface area contributed by atoms with Crippen LogP contribution in [0.4, 0.5) is 19.0 Å². The summed E-state index contributed by atoms with van der Waals surface area (Å²) in [6.07, 6.45) is -3.28. The Kier molecular flexibility index (Phi) is 5.72. The van der Waals surface area contributed by atoms with Crippen molar-refractivity contribution in [2.75, 3.05) is 31.1 Å². The quantitative estimate of drug-likeness (QED) is 0.613. The van der Waals surface area contributed by atoms with Gasteiger partial charge in [0, 0.05) is 43.5 Å². The van der Waals surface area contributed by atoms with Crippen LogP contribution in [0.1, 0.15) is 21.7 Å². The van der Waals surface area contributed by atoms with Gasteiger partial charge in [0.1, 0.15) is 17.9 Å². The minimum absolute atomic E-state index is 0.241. The second-order valence-corrected chi connectivity index (χ2v) is 7.42. The molecule has 0 saturated carbocycles. The average molecular weight is 446 g/mol. The Morgan fingerprint density at radius 3 is 2.22 bits per heavy atom. The van der Waals surface area contributed by atoms with Crippen molar-refractivity contribution >= 4 is 11.7 Å². The fourth-order valence-electron chi connectivity index (χ4n) is 3.61. The Morgan fingerprint density at radius 1 is 0.969 bits per heavy atom. The third-order valence-electron chi connectivity index (χ3n) is 5.09. The van der Waals surface area contributed by atoms with Crippen molar-refractivity contribution in [3.8, 4) is 11.6 Å². The van der Waals surface area contributed by atoms with E-state index in [0.29, 0.717) is 37.6 Å². The molecule has 2 aromatic heterocycles. The fourth-order valence-corrected chi connectivity index (χ4v) is 3.61. The monoisotopic (exact) mass is 446 g/mol. The van der Waals surface area contributed by atoms with Gasteiger partial charge in [-0.2, -0.15) is 5.10 Å². The second-order valence-electron chi connectivity index (χ2n) is 7.42. The molecule has 0 unspecified atom stereocenters. The number of hydrogen-bond acceptors (Lipinski definition) is 6. The lowest BCUT2D eigenvalue weighted by atomic mass is 10.1. The first-order valence-electron chi connectivity index (χ1n) is 9.95. The summed E-state index contributed by atoms with van der Waals surface area (Å²) in [7, 11) is 0. The van der Waals surface area contributed by atoms with E-state index >= 15 is 0 Å². The molecule has 0 atom stereocenters. The molecule has 11 heteroatoms. The van der Waals surface area contributed by atoms with E-state index in [1.54, 1.807) is 9.58 Å². The molecule has 1 aliphatic rings. The van der Waals surface area contributed by atoms with Crippen molar-refractivity contribution < 1.29 is 22.7 Å². The summed E-state index contributed by atoms with van der Waals surface area (Å²) in [4.78, 5) is 25.1. The number of aryl methyl sites for hydroxylation is 2. The average Bonchev–Trinajstić information content (AvgIpc) is 3.11. The predicted octanol–water partition coefficient (Wildman–Crippen LogP) is 3.14. The molecule has 0 radical (unpaired) electrons. The maximum absolute atomic E-state index is 12.7. The van der Waals surface area contributed by atoms with Crippen molar-refractivity contribution in [3.63, 3.8) is 0 Å². The zero-order valence-electron chi connectivity index (χ0n) is 17.5. The smallest absolute Gasteiger partial charge is 0.406 e. The number of carbonyl (C=O) groups excluding carboxylic acids is 1. The third-order valence-corrected chi connectivity index (χ3v) is 5.09. The van der Waals surface area contributed by atoms with Crippen molar-refractivity contribution in [1.82, 2.24) is 24.6 Å². The number of hydrogen-bond donors (Lipinski definition) is 0. The highest BCUT2D eigenvalue weighted by Crippen LogP contribution is 2.23. The molecule has 1 amide bonds. The van der Waals surface area contributed by atoms with Crippen LogP contribution >= 0.6 is 0 Å². The zero-order valence-corrected chi connectivity index (χ0v) is 17.5. The van der Waals surface area contributed by atoms with Gasteiger partial charge in [0.05, 0.1) is 5.69 Å². The standard InChI is InChI=1S/C21H21F3N6O2/c1-14-11-15(2)30(27-14)19-12-18(25-13-26-19)28-7-9-29(10-8-28)20(31)16-3-5-17(6-4-16)32-21(22,23)24/h3-6,11-13H,7-10H2,1-2H3. The number of ether oxygens (including phenoxy) is 1. The Balaban J connectivity index is 1.39. The molecule has 0 aliphatic carbocycles. The third kappa shape index (κ3) is 4.82. The molecule has 1 fully saturated rings. The highest BCUT2D eigenvalue weighted by Gasteiger charge is 2.31. The number of alkyl halides is 3. The van der Waals surface area contributed by atoms with Crippen LogP contribution in [0.3, 0.4) is 0 Å². The summed E-state index contributed by atoms with van der Waals surface area (Å²) < 4.78 is 42.5. The van der Waals surface area contributed by atoms with Gasteiger partial charge in [-0.25, -0.2) is 14.6 Å². The normalized spacial score (nSPS) is 14.5. The number of carbonyl (C=O) groups is 1. The van der Waals surface area contributed by atoms with Crippen molar-refractivity contribution in [1.29, 1.82) is 0 Å². The molecule has 3 aromatic rings. The topological polar surface area (TPSA) is 76.4 Å². The van der Waals surface area contributed by atoms with E-state index in [1.807, 2.05) is 26.0 Å². The molecule has 0 bridgehead atoms. The summed E-state index contributed by atoms with van der Waals surface area (Å²) in [6.45, 7) is 5.91. The fraction of sp³-hybridized carbons (Fsp3) is 0.333. The van der Waals surface area contributed by atoms with Crippen LogP contribution in [0.5, 0.6) is 5.75 Å². The van der Waals surface area contributed by atoms with Gasteiger partial charge >= 0.3 is 6.36 Å². The number of halogens is 3. The Morgan fingerprint density at radius 2 is 1.62 bits per heavy atom. The van der Waals surface area contributed by atoms with Gasteiger partial charge in [-0.05, 0) is 44.2 Å². The van der Waals surface area contributed by atoms with Gasteiger partial charge < -0.3 is 14.5 Å². The van der Waals surface area contributed by atoms with Gasteiger partial charge in [-0.3, -0.25) is 4.79 Å². The van der Waals surface area contributed by atoms with Crippen LogP contribution in [0.25, 0.3) is 5.82 Å². The van der Waals surface area contributed by atoms with E-state index in [2.05, 4.69) is 24.7 Å². The second kappa shape index (κ2) is 8.48. The van der Waals surface area contributed by atoms with Crippen molar-refractivity contribution in [2.45, 2.75) is 20.2 Å². The van der Waals surface area contributed by atoms with Crippen LogP contribution in [0.2, 0.25) is 0 Å². The number of rotatable bonds is 4. The van der Waals surface area contributed by atoms with Crippen LogP contribution < -0.4 is 9.64 Å². The molecule has 32 heavy (non-hydrogen) atoms. The summed E-state index contributed by atoms with van der Waals surface area (Å²) in [5.74, 6) is 0.804. The van der Waals surface area contributed by atoms with Crippen LogP contribution in [-0.2, 0) is 0 Å². The lowest BCUT2D eigenvalue weighted by Gasteiger charge is -2.35. The molecular formula is C21H21F3N6O2. The molecule has 0 N–H and O–H groups in total. The molecule has 8 nitrogen and oxygen atoms in total. The first-order chi connectivity index (χ1) is 15.2. The van der Waals surface area contributed by atoms with Gasteiger partial charge in [0.25, 0.3) is 5.91 Å². The highest BCUT2D eigenvalue weighted by molar-refractivity contribution is 5.94. The van der Waals surface area contributed by atoms with Gasteiger partial charge in [-0.15, -0.1) is 13.2 Å². The van der Waals surface area contributed by atoms with Gasteiger partial charge in [0.15, 0.2) is 5.82 Å². The Labute approximate surface area is 182 Å². The maximum Gasteiger partial charge on any atom is 0.573 e. The molecule has 0 spiro atoms. The van der Waals surface area contributed by atoms with Crippen LogP contribution in [-0.4, -0.2) is 63.1 Å². The molecule has 1 aliphatic heterocycles. The van der Waals surface area contributed by atoms with E-state index in [4.69, 9.17) is 0 Å². The number of anilines is 1. The minimum atomic E-state index is -4.77. The summed E-state index contributed by atoms with van der Waals surface area (Å²) >= 11 is 0. The van der Waals surface area contributed by atoms with Crippen molar-refractivity contribution in [2.24, 2.45) is 0 Å². The van der Waals surface area contributed by atoms with E-state index in [9.17, 15) is 18.0 Å². The maximum atomic E-state index is 12.7. The van der Waals surface area contributed by atoms with Crippen LogP contribution in [0.15, 0.2) is 42.7 Å². The number of piperazine rings is 1. The Bertz CT molecular complexity index is 1110. The SMILES string of the molecule is Cc1cc(C)n(-c2cc(N3CCN(C(=O)c4ccc(OC(F)(F)F)cc4)CC3)ncn2)n1. The van der Waals surface area contributed by atoms with E-state index in [-0.39, 0.29) is 11.7 Å². The zero-order chi connectivity index (χ0) is 22.9. The molecule has 1 saturated heterocycles. The molecule has 4 rings (SSSR count). The van der Waals surface area contributed by atoms with E-state index in [1.165, 1.54) is 18.5 Å². The number of nitrogens with zero attached hydrogens (tertiary/aromatic N) is 6. The first-order valence-corrected chi connectivity index (χ1v) is 9.95. The summed E-state index contributed by atoms with van der Waals surface area (Å²) in [5.41, 5.74) is 2.17. The minimum Gasteiger partial charge on any atom is -0.406 e. The summed E-state index contributed by atoms with van der Waals surface area (Å²) in [5, 5.41) is 4.44. The van der Waals surface area contributed by atoms with Crippen LogP contribution in [0, 0.1) is 13.8 Å². The molecule has 1 aromatic carbocycles. The summed E-state index contributed by atoms with van der Waals surface area (Å²) in [6, 6.07) is 8.77. The lowest BCUT2D eigenvalue weighted by molar-refractivity contribution is -0.274. The lowest BCUT2D eigenvalue weighted by Crippen LogP contribution is -2.49. The molecule has 168 valence electrons. The largest absolute Gasteiger partial charge is 0.573 e. The molecule has 3 heterocycles. The molecular weight excluding hydrogens is 425 g/mol. The number of aromatic nitrogens is 4. The predicted molar refractivity (Wildman–Crippen MR) is 110 cm³/mol. The Hall–Kier alpha value is -3.63. The van der Waals surface area contributed by atoms with Crippen molar-refractivity contribution in [3.05, 3.63) is 59.7 Å². The van der Waals surface area contributed by atoms with Gasteiger partial charge in [0.2, 0.25) is 0 Å². The van der Waals surface area contributed by atoms with Gasteiger partial charge in [-0.1, -0.05) is 0 Å². The highest BCUT2D eigenvalue weighted by atomic mass is 19.4.